The summed E-state index contributed by atoms with van der Waals surface area (Å²) in [4.78, 5) is 15.2. The maximum Gasteiger partial charge on any atom is 0.372 e. The summed E-state index contributed by atoms with van der Waals surface area (Å²) in [6, 6.07) is 13.0. The van der Waals surface area contributed by atoms with Crippen molar-refractivity contribution in [1.82, 2.24) is 9.38 Å². The van der Waals surface area contributed by atoms with Crippen LogP contribution in [0.3, 0.4) is 0 Å². The summed E-state index contributed by atoms with van der Waals surface area (Å²) < 4.78 is 6.58. The lowest BCUT2D eigenvalue weighted by molar-refractivity contribution is -0.389. The Balaban J connectivity index is 1.73. The van der Waals surface area contributed by atoms with Crippen LogP contribution in [0.1, 0.15) is 5.56 Å². The van der Waals surface area contributed by atoms with Crippen molar-refractivity contribution in [3.05, 3.63) is 64.3 Å². The predicted octanol–water partition coefficient (Wildman–Crippen LogP) is 2.91. The van der Waals surface area contributed by atoms with Crippen LogP contribution in [0.2, 0.25) is 0 Å². The first kappa shape index (κ1) is 14.8. The number of nitrogens with one attached hydrogen (secondary N) is 1. The minimum atomic E-state index is -0.421. The van der Waals surface area contributed by atoms with Gasteiger partial charge in [-0.3, -0.25) is 0 Å². The van der Waals surface area contributed by atoms with Crippen molar-refractivity contribution < 1.29 is 9.66 Å². The number of hydrogen-bond donors (Lipinski definition) is 1. The van der Waals surface area contributed by atoms with Gasteiger partial charge < -0.3 is 20.2 Å². The molecule has 0 saturated heterocycles. The molecule has 3 rings (SSSR count). The van der Waals surface area contributed by atoms with Crippen molar-refractivity contribution in [3.63, 3.8) is 0 Å². The van der Waals surface area contributed by atoms with Crippen LogP contribution in [0.25, 0.3) is 5.65 Å². The second-order valence-electron chi connectivity index (χ2n) is 4.99. The molecular formula is C16H16N4O3. The van der Waals surface area contributed by atoms with Crippen LogP contribution in [-0.2, 0) is 6.42 Å². The maximum atomic E-state index is 11.3. The predicted molar refractivity (Wildman–Crippen MR) is 87.0 cm³/mol. The van der Waals surface area contributed by atoms with Crippen LogP contribution in [0.5, 0.6) is 5.75 Å². The van der Waals surface area contributed by atoms with Crippen molar-refractivity contribution in [3.8, 4) is 5.75 Å². The number of rotatable bonds is 6. The molecule has 0 bridgehead atoms. The molecule has 0 amide bonds. The molecule has 0 saturated carbocycles. The molecule has 0 fully saturated rings. The van der Waals surface area contributed by atoms with E-state index in [0.717, 1.165) is 17.7 Å². The second kappa shape index (κ2) is 6.35. The minimum Gasteiger partial charge on any atom is -0.497 e. The Hall–Kier alpha value is -3.09. The number of hydrogen-bond acceptors (Lipinski definition) is 5. The SMILES string of the molecule is COc1ccc(CCNc2nc3ccccn3c2[N+](=O)[O-])cc1. The summed E-state index contributed by atoms with van der Waals surface area (Å²) in [7, 11) is 1.62. The fourth-order valence-electron chi connectivity index (χ4n) is 2.39. The Morgan fingerprint density at radius 3 is 2.74 bits per heavy atom. The molecule has 0 aliphatic heterocycles. The van der Waals surface area contributed by atoms with Crippen LogP contribution < -0.4 is 10.1 Å². The molecule has 2 aromatic heterocycles. The van der Waals surface area contributed by atoms with E-state index in [1.54, 1.807) is 31.5 Å². The molecular weight excluding hydrogens is 296 g/mol. The molecule has 0 aliphatic rings. The van der Waals surface area contributed by atoms with Crippen LogP contribution in [0.4, 0.5) is 11.6 Å². The number of anilines is 1. The zero-order chi connectivity index (χ0) is 16.2. The third-order valence-corrected chi connectivity index (χ3v) is 3.54. The lowest BCUT2D eigenvalue weighted by Crippen LogP contribution is -2.07. The smallest absolute Gasteiger partial charge is 0.372 e. The van der Waals surface area contributed by atoms with Gasteiger partial charge in [-0.2, -0.15) is 9.38 Å². The average molecular weight is 312 g/mol. The molecule has 0 radical (unpaired) electrons. The van der Waals surface area contributed by atoms with Gasteiger partial charge in [-0.1, -0.05) is 18.2 Å². The molecule has 3 aromatic rings. The Morgan fingerprint density at radius 2 is 2.04 bits per heavy atom. The van der Waals surface area contributed by atoms with E-state index in [1.807, 2.05) is 24.3 Å². The molecule has 1 N–H and O–H groups in total. The van der Waals surface area contributed by atoms with E-state index >= 15 is 0 Å². The molecule has 23 heavy (non-hydrogen) atoms. The van der Waals surface area contributed by atoms with Gasteiger partial charge in [0.1, 0.15) is 5.75 Å². The van der Waals surface area contributed by atoms with Gasteiger partial charge in [0.15, 0.2) is 0 Å². The van der Waals surface area contributed by atoms with Crippen LogP contribution in [0.15, 0.2) is 48.7 Å². The van der Waals surface area contributed by atoms with Crippen molar-refractivity contribution in [1.29, 1.82) is 0 Å². The molecule has 7 nitrogen and oxygen atoms in total. The van der Waals surface area contributed by atoms with Crippen LogP contribution in [-0.4, -0.2) is 28.0 Å². The zero-order valence-electron chi connectivity index (χ0n) is 12.6. The number of nitrogens with zero attached hydrogens (tertiary/aromatic N) is 3. The van der Waals surface area contributed by atoms with Gasteiger partial charge in [0.05, 0.1) is 13.3 Å². The first-order valence-corrected chi connectivity index (χ1v) is 7.17. The number of ether oxygens (including phenoxy) is 1. The Bertz CT molecular complexity index is 827. The minimum absolute atomic E-state index is 0.0460. The molecule has 2 heterocycles. The van der Waals surface area contributed by atoms with Gasteiger partial charge in [-0.15, -0.1) is 0 Å². The summed E-state index contributed by atoms with van der Waals surface area (Å²) >= 11 is 0. The Labute approximate surface area is 132 Å². The van der Waals surface area contributed by atoms with Gasteiger partial charge in [0.25, 0.3) is 0 Å². The van der Waals surface area contributed by atoms with E-state index in [4.69, 9.17) is 4.74 Å². The first-order chi connectivity index (χ1) is 11.2. The number of nitro groups is 1. The van der Waals surface area contributed by atoms with Crippen LogP contribution in [0, 0.1) is 10.1 Å². The van der Waals surface area contributed by atoms with Crippen molar-refractivity contribution in [2.75, 3.05) is 19.0 Å². The lowest BCUT2D eigenvalue weighted by Gasteiger charge is -2.05. The second-order valence-corrected chi connectivity index (χ2v) is 4.99. The lowest BCUT2D eigenvalue weighted by atomic mass is 10.1. The molecule has 0 unspecified atom stereocenters. The van der Waals surface area contributed by atoms with Gasteiger partial charge in [0, 0.05) is 12.6 Å². The Kier molecular flexibility index (Phi) is 4.09. The maximum absolute atomic E-state index is 11.3. The highest BCUT2D eigenvalue weighted by molar-refractivity contribution is 5.62. The molecule has 7 heteroatoms. The number of imidazole rings is 1. The zero-order valence-corrected chi connectivity index (χ0v) is 12.6. The topological polar surface area (TPSA) is 81.7 Å². The molecule has 118 valence electrons. The quantitative estimate of drug-likeness (QED) is 0.559. The summed E-state index contributed by atoms with van der Waals surface area (Å²) in [5.74, 6) is 1.04. The third kappa shape index (κ3) is 3.08. The molecule has 1 aromatic carbocycles. The summed E-state index contributed by atoms with van der Waals surface area (Å²) in [6.45, 7) is 0.553. The molecule has 0 atom stereocenters. The number of pyridine rings is 1. The van der Waals surface area contributed by atoms with E-state index < -0.39 is 4.92 Å². The summed E-state index contributed by atoms with van der Waals surface area (Å²) in [5, 5.41) is 14.3. The highest BCUT2D eigenvalue weighted by Crippen LogP contribution is 2.25. The number of aromatic nitrogens is 2. The number of benzene rings is 1. The van der Waals surface area contributed by atoms with Gasteiger partial charge in [-0.25, -0.2) is 0 Å². The largest absolute Gasteiger partial charge is 0.497 e. The van der Waals surface area contributed by atoms with E-state index in [9.17, 15) is 10.1 Å². The standard InChI is InChI=1S/C16H16N4O3/c1-23-13-7-5-12(6-8-13)9-10-17-15-16(20(21)22)19-11-3-2-4-14(19)18-15/h2-8,11,17H,9-10H2,1H3. The Morgan fingerprint density at radius 1 is 1.26 bits per heavy atom. The fraction of sp³-hybridized carbons (Fsp3) is 0.188. The van der Waals surface area contributed by atoms with Gasteiger partial charge in [-0.05, 0) is 35.1 Å². The fourth-order valence-corrected chi connectivity index (χ4v) is 2.39. The number of fused-ring (bicyclic) bond motifs is 1. The van der Waals surface area contributed by atoms with E-state index in [1.165, 1.54) is 4.40 Å². The average Bonchev–Trinajstić information content (AvgIpc) is 2.94. The van der Waals surface area contributed by atoms with Crippen molar-refractivity contribution >= 4 is 17.3 Å². The monoisotopic (exact) mass is 312 g/mol. The van der Waals surface area contributed by atoms with E-state index in [2.05, 4.69) is 10.3 Å². The summed E-state index contributed by atoms with van der Waals surface area (Å²) in [5.41, 5.74) is 1.66. The summed E-state index contributed by atoms with van der Waals surface area (Å²) in [6.07, 6.45) is 2.37. The third-order valence-electron chi connectivity index (χ3n) is 3.54. The van der Waals surface area contributed by atoms with Crippen molar-refractivity contribution in [2.24, 2.45) is 0 Å². The van der Waals surface area contributed by atoms with Crippen molar-refractivity contribution in [2.45, 2.75) is 6.42 Å². The highest BCUT2D eigenvalue weighted by Gasteiger charge is 2.21. The van der Waals surface area contributed by atoms with E-state index in [0.29, 0.717) is 12.2 Å². The van der Waals surface area contributed by atoms with Crippen LogP contribution >= 0.6 is 0 Å². The molecule has 0 aliphatic carbocycles. The highest BCUT2D eigenvalue weighted by atomic mass is 16.6. The van der Waals surface area contributed by atoms with Gasteiger partial charge in [0.2, 0.25) is 11.5 Å². The van der Waals surface area contributed by atoms with E-state index in [-0.39, 0.29) is 11.6 Å². The van der Waals surface area contributed by atoms with Gasteiger partial charge >= 0.3 is 5.82 Å². The first-order valence-electron chi connectivity index (χ1n) is 7.17. The number of methoxy groups -OCH3 is 1. The molecule has 0 spiro atoms. The normalized spacial score (nSPS) is 10.7.